The van der Waals surface area contributed by atoms with E-state index in [1.165, 1.54) is 6.21 Å². The Morgan fingerprint density at radius 3 is 2.16 bits per heavy atom. The van der Waals surface area contributed by atoms with E-state index in [0.29, 0.717) is 19.4 Å². The van der Waals surface area contributed by atoms with Gasteiger partial charge in [-0.3, -0.25) is 10.1 Å². The highest BCUT2D eigenvalue weighted by Gasteiger charge is 2.31. The van der Waals surface area contributed by atoms with Gasteiger partial charge in [-0.15, -0.1) is 0 Å². The molecule has 3 amide bonds. The number of amides is 3. The van der Waals surface area contributed by atoms with Crippen molar-refractivity contribution in [2.45, 2.75) is 70.9 Å². The number of benzene rings is 2. The zero-order valence-electron chi connectivity index (χ0n) is 24.9. The minimum Gasteiger partial charge on any atom is -0.481 e. The third-order valence-corrected chi connectivity index (χ3v) is 8.38. The van der Waals surface area contributed by atoms with Crippen LogP contribution in [-0.4, -0.2) is 60.0 Å². The van der Waals surface area contributed by atoms with Crippen LogP contribution in [0.1, 0.15) is 69.9 Å². The zero-order valence-corrected chi connectivity index (χ0v) is 24.9. The number of hydrazone groups is 1. The molecule has 0 aliphatic heterocycles. The standard InChI is InChI=1S/C32H42N4O7/c1-32(2,3)28(43-41)16-22(18-34-36-30(39)33-17-20-12-14-21(15-13-20)29(37)38)35-31(40)42-19-27-25-10-6-4-8-23(25)24-9-5-7-11-26(24)27/h4-11,18,20-22,27-28,41H,12-17,19H2,1-3H3,(H,35,40)(H,37,38)(H2,33,36,39)/b34-18+/t20?,21?,22-,28?/m0/s1. The Bertz CT molecular complexity index is 1260. The summed E-state index contributed by atoms with van der Waals surface area (Å²) in [5, 5.41) is 28.2. The maximum absolute atomic E-state index is 13.0. The number of rotatable bonds is 11. The molecule has 1 saturated carbocycles. The monoisotopic (exact) mass is 594 g/mol. The summed E-state index contributed by atoms with van der Waals surface area (Å²) >= 11 is 0. The van der Waals surface area contributed by atoms with Gasteiger partial charge in [-0.2, -0.15) is 5.10 Å². The summed E-state index contributed by atoms with van der Waals surface area (Å²) in [5.41, 5.74) is 6.41. The van der Waals surface area contributed by atoms with Gasteiger partial charge in [-0.05, 0) is 59.3 Å². The van der Waals surface area contributed by atoms with Crippen molar-refractivity contribution in [1.29, 1.82) is 0 Å². The Kier molecular flexibility index (Phi) is 10.8. The number of aliphatic carboxylic acids is 1. The first-order valence-corrected chi connectivity index (χ1v) is 14.8. The molecular weight excluding hydrogens is 552 g/mol. The van der Waals surface area contributed by atoms with E-state index in [-0.39, 0.29) is 30.8 Å². The Morgan fingerprint density at radius 2 is 1.60 bits per heavy atom. The fourth-order valence-corrected chi connectivity index (χ4v) is 5.81. The second-order valence-corrected chi connectivity index (χ2v) is 12.4. The molecule has 2 aromatic carbocycles. The number of nitrogens with zero attached hydrogens (tertiary/aromatic N) is 1. The summed E-state index contributed by atoms with van der Waals surface area (Å²) in [6, 6.07) is 14.9. The summed E-state index contributed by atoms with van der Waals surface area (Å²) in [7, 11) is 0. The van der Waals surface area contributed by atoms with Gasteiger partial charge < -0.3 is 20.5 Å². The van der Waals surface area contributed by atoms with Crippen LogP contribution in [0.3, 0.4) is 0 Å². The van der Waals surface area contributed by atoms with Crippen LogP contribution in [0.15, 0.2) is 53.6 Å². The van der Waals surface area contributed by atoms with Gasteiger partial charge in [-0.1, -0.05) is 69.3 Å². The smallest absolute Gasteiger partial charge is 0.407 e. The normalized spacial score (nSPS) is 19.6. The minimum atomic E-state index is -0.764. The first kappa shape index (κ1) is 32.0. The maximum Gasteiger partial charge on any atom is 0.407 e. The lowest BCUT2D eigenvalue weighted by Crippen LogP contribution is -2.43. The van der Waals surface area contributed by atoms with Gasteiger partial charge in [0.15, 0.2) is 0 Å². The van der Waals surface area contributed by atoms with Gasteiger partial charge in [0, 0.05) is 25.1 Å². The Morgan fingerprint density at radius 1 is 1.00 bits per heavy atom. The van der Waals surface area contributed by atoms with Gasteiger partial charge in [0.25, 0.3) is 0 Å². The first-order chi connectivity index (χ1) is 20.6. The Hall–Kier alpha value is -3.96. The largest absolute Gasteiger partial charge is 0.481 e. The molecule has 0 aromatic heterocycles. The van der Waals surface area contributed by atoms with Crippen LogP contribution in [0.25, 0.3) is 11.1 Å². The summed E-state index contributed by atoms with van der Waals surface area (Å²) in [6.45, 7) is 6.23. The molecule has 2 aliphatic carbocycles. The molecule has 43 heavy (non-hydrogen) atoms. The number of carboxylic acids is 1. The molecule has 1 fully saturated rings. The van der Waals surface area contributed by atoms with Gasteiger partial charge in [0.1, 0.15) is 6.61 Å². The highest BCUT2D eigenvalue weighted by Crippen LogP contribution is 2.44. The van der Waals surface area contributed by atoms with Gasteiger partial charge in [0.05, 0.1) is 18.1 Å². The molecule has 2 aromatic rings. The van der Waals surface area contributed by atoms with Crippen molar-refractivity contribution < 1.29 is 34.4 Å². The lowest BCUT2D eigenvalue weighted by molar-refractivity contribution is -0.300. The van der Waals surface area contributed by atoms with Crippen LogP contribution in [0.2, 0.25) is 0 Å². The molecule has 2 aliphatic rings. The number of hydrogen-bond acceptors (Lipinski definition) is 7. The van der Waals surface area contributed by atoms with Crippen molar-refractivity contribution in [1.82, 2.24) is 16.1 Å². The molecular formula is C32H42N4O7. The van der Waals surface area contributed by atoms with Gasteiger partial charge >= 0.3 is 18.1 Å². The number of carbonyl (C=O) groups is 3. The number of carbonyl (C=O) groups excluding carboxylic acids is 2. The lowest BCUT2D eigenvalue weighted by atomic mass is 9.82. The average Bonchev–Trinajstić information content (AvgIpc) is 3.30. The lowest BCUT2D eigenvalue weighted by Gasteiger charge is -2.30. The van der Waals surface area contributed by atoms with Crippen molar-refractivity contribution in [3.05, 3.63) is 59.7 Å². The molecule has 0 saturated heterocycles. The molecule has 4 rings (SSSR count). The topological polar surface area (TPSA) is 159 Å². The fraction of sp³-hybridized carbons (Fsp3) is 0.500. The molecule has 0 heterocycles. The first-order valence-electron chi connectivity index (χ1n) is 14.8. The van der Waals surface area contributed by atoms with Crippen molar-refractivity contribution in [3.63, 3.8) is 0 Å². The van der Waals surface area contributed by atoms with Crippen molar-refractivity contribution >= 4 is 24.3 Å². The van der Waals surface area contributed by atoms with E-state index in [9.17, 15) is 19.6 Å². The molecule has 11 nitrogen and oxygen atoms in total. The molecule has 0 spiro atoms. The number of nitrogens with one attached hydrogen (secondary N) is 3. The molecule has 11 heteroatoms. The van der Waals surface area contributed by atoms with E-state index < -0.39 is 35.7 Å². The average molecular weight is 595 g/mol. The Balaban J connectivity index is 1.32. The maximum atomic E-state index is 13.0. The number of fused-ring (bicyclic) bond motifs is 3. The van der Waals surface area contributed by atoms with E-state index in [1.54, 1.807) is 0 Å². The van der Waals surface area contributed by atoms with Crippen molar-refractivity contribution in [2.24, 2.45) is 22.4 Å². The Labute approximate surface area is 252 Å². The molecule has 0 bridgehead atoms. The molecule has 1 unspecified atom stereocenters. The van der Waals surface area contributed by atoms with Crippen molar-refractivity contribution in [2.75, 3.05) is 13.2 Å². The third kappa shape index (κ3) is 8.55. The van der Waals surface area contributed by atoms with E-state index in [0.717, 1.165) is 35.1 Å². The minimum absolute atomic E-state index is 0.0992. The summed E-state index contributed by atoms with van der Waals surface area (Å²) in [6.07, 6.45) is 2.92. The number of ether oxygens (including phenoxy) is 1. The summed E-state index contributed by atoms with van der Waals surface area (Å²) < 4.78 is 5.67. The fourth-order valence-electron chi connectivity index (χ4n) is 5.81. The predicted octanol–water partition coefficient (Wildman–Crippen LogP) is 5.36. The van der Waals surface area contributed by atoms with Crippen LogP contribution in [0.4, 0.5) is 9.59 Å². The van der Waals surface area contributed by atoms with E-state index in [4.69, 9.17) is 14.7 Å². The molecule has 0 radical (unpaired) electrons. The second-order valence-electron chi connectivity index (χ2n) is 12.4. The number of urea groups is 1. The van der Waals surface area contributed by atoms with Crippen LogP contribution >= 0.6 is 0 Å². The SMILES string of the molecule is CC(C)(C)C(C[C@@H](/C=N/NC(=O)NCC1CCC(C(=O)O)CC1)NC(=O)OCC1c2ccccc2-c2ccccc21)OO. The number of hydrogen-bond donors (Lipinski definition) is 5. The van der Waals surface area contributed by atoms with E-state index in [2.05, 4.69) is 33.3 Å². The quantitative estimate of drug-likeness (QED) is 0.133. The number of carboxylic acid groups (broad SMARTS) is 1. The highest BCUT2D eigenvalue weighted by atomic mass is 17.1. The number of alkyl carbamates (subject to hydrolysis) is 1. The van der Waals surface area contributed by atoms with Crippen LogP contribution in [-0.2, 0) is 14.4 Å². The van der Waals surface area contributed by atoms with E-state index in [1.807, 2.05) is 57.2 Å². The predicted molar refractivity (Wildman–Crippen MR) is 162 cm³/mol. The van der Waals surface area contributed by atoms with Crippen LogP contribution in [0.5, 0.6) is 0 Å². The summed E-state index contributed by atoms with van der Waals surface area (Å²) in [5.74, 6) is -0.962. The molecule has 232 valence electrons. The highest BCUT2D eigenvalue weighted by molar-refractivity contribution is 5.80. The van der Waals surface area contributed by atoms with Crippen LogP contribution < -0.4 is 16.1 Å². The van der Waals surface area contributed by atoms with Gasteiger partial charge in [0.2, 0.25) is 0 Å². The van der Waals surface area contributed by atoms with E-state index >= 15 is 0 Å². The zero-order chi connectivity index (χ0) is 31.0. The second kappa shape index (κ2) is 14.5. The van der Waals surface area contributed by atoms with Gasteiger partial charge in [-0.25, -0.2) is 19.9 Å². The third-order valence-electron chi connectivity index (χ3n) is 8.38. The van der Waals surface area contributed by atoms with Crippen LogP contribution in [0, 0.1) is 17.3 Å². The molecule has 2 atom stereocenters. The van der Waals surface area contributed by atoms with Crippen molar-refractivity contribution in [3.8, 4) is 11.1 Å². The molecule has 5 N–H and O–H groups in total. The summed E-state index contributed by atoms with van der Waals surface area (Å²) in [4.78, 5) is 41.2.